The molecule has 11 heteroatoms. The summed E-state index contributed by atoms with van der Waals surface area (Å²) in [5.41, 5.74) is 0.271. The highest BCUT2D eigenvalue weighted by molar-refractivity contribution is 7.89. The first-order valence-corrected chi connectivity index (χ1v) is 9.60. The monoisotopic (exact) mass is 417 g/mol. The minimum atomic E-state index is -3.84. The number of ether oxygens (including phenoxy) is 1. The molecule has 3 rings (SSSR count). The Kier molecular flexibility index (Phi) is 5.35. The number of nitrogens with zero attached hydrogens (tertiary/aromatic N) is 1. The van der Waals surface area contributed by atoms with Crippen LogP contribution in [0.4, 0.5) is 11.4 Å². The average molecular weight is 417 g/mol. The molecule has 10 nitrogen and oxygen atoms in total. The Morgan fingerprint density at radius 1 is 1.14 bits per heavy atom. The first-order valence-electron chi connectivity index (χ1n) is 8.06. The molecule has 150 valence electrons. The van der Waals surface area contributed by atoms with Crippen LogP contribution in [0.3, 0.4) is 0 Å². The number of nitrogens with two attached hydrogens (primary N) is 1. The quantitative estimate of drug-likeness (QED) is 0.461. The highest BCUT2D eigenvalue weighted by Crippen LogP contribution is 2.34. The van der Waals surface area contributed by atoms with E-state index >= 15 is 0 Å². The number of anilines is 1. The fraction of sp³-hybridized carbons (Fsp3) is 0.0556. The Hall–Kier alpha value is -3.70. The van der Waals surface area contributed by atoms with Gasteiger partial charge in [-0.1, -0.05) is 0 Å². The summed E-state index contributed by atoms with van der Waals surface area (Å²) in [6.45, 7) is 0. The van der Waals surface area contributed by atoms with E-state index in [2.05, 4.69) is 5.32 Å². The number of amides is 1. The van der Waals surface area contributed by atoms with Gasteiger partial charge in [0.25, 0.3) is 11.6 Å². The van der Waals surface area contributed by atoms with Crippen LogP contribution in [-0.2, 0) is 10.0 Å². The zero-order chi connectivity index (χ0) is 21.2. The standard InChI is InChI=1S/C18H15N3O7S/c1-27-12-4-7-14(15(10-12)21(23)24)16-8-9-17(28-16)18(22)20-11-2-5-13(6-3-11)29(19,25)26/h2-10H,1H3,(H,20,22)(H2,19,25,26). The van der Waals surface area contributed by atoms with Gasteiger partial charge >= 0.3 is 0 Å². The molecule has 0 saturated carbocycles. The highest BCUT2D eigenvalue weighted by Gasteiger charge is 2.21. The minimum absolute atomic E-state index is 0.0827. The molecule has 0 atom stereocenters. The van der Waals surface area contributed by atoms with Crippen molar-refractivity contribution in [2.24, 2.45) is 5.14 Å². The molecule has 0 unspecified atom stereocenters. The van der Waals surface area contributed by atoms with E-state index < -0.39 is 20.9 Å². The Labute approximate surface area is 165 Å². The topological polar surface area (TPSA) is 155 Å². The van der Waals surface area contributed by atoms with Crippen LogP contribution in [0.2, 0.25) is 0 Å². The molecule has 0 spiro atoms. The predicted octanol–water partition coefficient (Wildman–Crippen LogP) is 2.76. The lowest BCUT2D eigenvalue weighted by molar-refractivity contribution is -0.384. The van der Waals surface area contributed by atoms with Crippen molar-refractivity contribution in [3.63, 3.8) is 0 Å². The molecule has 3 N–H and O–H groups in total. The Balaban J connectivity index is 1.83. The number of hydrogen-bond acceptors (Lipinski definition) is 7. The summed E-state index contributed by atoms with van der Waals surface area (Å²) in [6, 6.07) is 12.3. The van der Waals surface area contributed by atoms with Crippen molar-refractivity contribution in [1.82, 2.24) is 0 Å². The minimum Gasteiger partial charge on any atom is -0.497 e. The van der Waals surface area contributed by atoms with Gasteiger partial charge in [-0.15, -0.1) is 0 Å². The number of sulfonamides is 1. The Morgan fingerprint density at radius 3 is 2.41 bits per heavy atom. The number of nitrogens with one attached hydrogen (secondary N) is 1. The van der Waals surface area contributed by atoms with Crippen molar-refractivity contribution in [2.75, 3.05) is 12.4 Å². The lowest BCUT2D eigenvalue weighted by Crippen LogP contribution is -2.13. The number of rotatable bonds is 6. The largest absolute Gasteiger partial charge is 0.497 e. The first kappa shape index (κ1) is 20.0. The second-order valence-corrected chi connectivity index (χ2v) is 7.39. The Morgan fingerprint density at radius 2 is 1.83 bits per heavy atom. The van der Waals surface area contributed by atoms with Crippen molar-refractivity contribution >= 4 is 27.3 Å². The van der Waals surface area contributed by atoms with Gasteiger partial charge in [-0.05, 0) is 48.5 Å². The SMILES string of the molecule is COc1ccc(-c2ccc(C(=O)Nc3ccc(S(N)(=O)=O)cc3)o2)c([N+](=O)[O-])c1. The number of carbonyl (C=O) groups excluding carboxylic acids is 1. The predicted molar refractivity (Wildman–Crippen MR) is 103 cm³/mol. The van der Waals surface area contributed by atoms with Gasteiger partial charge in [0.1, 0.15) is 11.5 Å². The molecule has 0 aliphatic heterocycles. The maximum absolute atomic E-state index is 12.4. The number of benzene rings is 2. The molecular formula is C18H15N3O7S. The molecule has 2 aromatic carbocycles. The molecule has 0 aliphatic carbocycles. The number of carbonyl (C=O) groups is 1. The van der Waals surface area contributed by atoms with Gasteiger partial charge in [0.05, 0.1) is 28.6 Å². The summed E-state index contributed by atoms with van der Waals surface area (Å²) in [4.78, 5) is 23.0. The number of nitro benzene ring substituents is 1. The molecule has 0 aliphatic rings. The second kappa shape index (κ2) is 7.73. The zero-order valence-corrected chi connectivity index (χ0v) is 15.8. The summed E-state index contributed by atoms with van der Waals surface area (Å²) in [5.74, 6) is -0.251. The summed E-state index contributed by atoms with van der Waals surface area (Å²) >= 11 is 0. The fourth-order valence-corrected chi connectivity index (χ4v) is 3.04. The lowest BCUT2D eigenvalue weighted by Gasteiger charge is -2.05. The van der Waals surface area contributed by atoms with Gasteiger partial charge in [-0.2, -0.15) is 0 Å². The van der Waals surface area contributed by atoms with E-state index in [9.17, 15) is 23.3 Å². The number of furan rings is 1. The van der Waals surface area contributed by atoms with Crippen LogP contribution in [-0.4, -0.2) is 26.4 Å². The van der Waals surface area contributed by atoms with E-state index in [4.69, 9.17) is 14.3 Å². The highest BCUT2D eigenvalue weighted by atomic mass is 32.2. The summed E-state index contributed by atoms with van der Waals surface area (Å²) in [7, 11) is -2.45. The normalized spacial score (nSPS) is 11.1. The van der Waals surface area contributed by atoms with Crippen LogP contribution in [0.1, 0.15) is 10.6 Å². The summed E-state index contributed by atoms with van der Waals surface area (Å²) in [5, 5.41) is 18.9. The van der Waals surface area contributed by atoms with Crippen molar-refractivity contribution in [1.29, 1.82) is 0 Å². The molecule has 3 aromatic rings. The van der Waals surface area contributed by atoms with E-state index in [0.717, 1.165) is 0 Å². The summed E-state index contributed by atoms with van der Waals surface area (Å²) < 4.78 is 33.0. The van der Waals surface area contributed by atoms with Crippen LogP contribution in [0.15, 0.2) is 63.9 Å². The third-order valence-electron chi connectivity index (χ3n) is 3.94. The smallest absolute Gasteiger partial charge is 0.291 e. The average Bonchev–Trinajstić information content (AvgIpc) is 3.17. The van der Waals surface area contributed by atoms with Gasteiger partial charge in [-0.3, -0.25) is 14.9 Å². The zero-order valence-electron chi connectivity index (χ0n) is 15.0. The van der Waals surface area contributed by atoms with Crippen LogP contribution < -0.4 is 15.2 Å². The first-order chi connectivity index (χ1) is 13.7. The van der Waals surface area contributed by atoms with Gasteiger partial charge in [0.2, 0.25) is 10.0 Å². The number of primary sulfonamides is 1. The van der Waals surface area contributed by atoms with Gasteiger partial charge in [-0.25, -0.2) is 13.6 Å². The molecule has 0 radical (unpaired) electrons. The van der Waals surface area contributed by atoms with Crippen LogP contribution in [0.25, 0.3) is 11.3 Å². The van der Waals surface area contributed by atoms with Crippen molar-refractivity contribution in [2.45, 2.75) is 4.90 Å². The number of methoxy groups -OCH3 is 1. The van der Waals surface area contributed by atoms with Crippen LogP contribution in [0.5, 0.6) is 5.75 Å². The molecule has 0 fully saturated rings. The van der Waals surface area contributed by atoms with Crippen molar-refractivity contribution in [3.05, 3.63) is 70.5 Å². The van der Waals surface area contributed by atoms with E-state index in [1.165, 1.54) is 61.7 Å². The third kappa shape index (κ3) is 4.42. The van der Waals surface area contributed by atoms with Crippen molar-refractivity contribution < 1.29 is 27.3 Å². The van der Waals surface area contributed by atoms with E-state index in [1.807, 2.05) is 0 Å². The van der Waals surface area contributed by atoms with Crippen LogP contribution >= 0.6 is 0 Å². The Bertz CT molecular complexity index is 1180. The van der Waals surface area contributed by atoms with Gasteiger partial charge < -0.3 is 14.5 Å². The van der Waals surface area contributed by atoms with Gasteiger partial charge in [0.15, 0.2) is 5.76 Å². The number of nitro groups is 1. The summed E-state index contributed by atoms with van der Waals surface area (Å²) in [6.07, 6.45) is 0. The molecule has 0 bridgehead atoms. The molecule has 29 heavy (non-hydrogen) atoms. The van der Waals surface area contributed by atoms with Gasteiger partial charge in [0, 0.05) is 5.69 Å². The maximum Gasteiger partial charge on any atom is 0.291 e. The molecule has 1 aromatic heterocycles. The lowest BCUT2D eigenvalue weighted by atomic mass is 10.1. The van der Waals surface area contributed by atoms with E-state index in [-0.39, 0.29) is 27.7 Å². The maximum atomic E-state index is 12.4. The third-order valence-corrected chi connectivity index (χ3v) is 4.87. The molecule has 0 saturated heterocycles. The molecule has 1 amide bonds. The second-order valence-electron chi connectivity index (χ2n) is 5.83. The van der Waals surface area contributed by atoms with E-state index in [1.54, 1.807) is 0 Å². The van der Waals surface area contributed by atoms with E-state index in [0.29, 0.717) is 11.4 Å². The van der Waals surface area contributed by atoms with Crippen LogP contribution in [0, 0.1) is 10.1 Å². The van der Waals surface area contributed by atoms with Crippen molar-refractivity contribution in [3.8, 4) is 17.1 Å². The molecular weight excluding hydrogens is 402 g/mol. The fourth-order valence-electron chi connectivity index (χ4n) is 2.52. The molecule has 1 heterocycles. The number of hydrogen-bond donors (Lipinski definition) is 2.